The van der Waals surface area contributed by atoms with Gasteiger partial charge in [-0.05, 0) is 58.2 Å². The van der Waals surface area contributed by atoms with Crippen molar-refractivity contribution in [1.82, 2.24) is 4.98 Å². The molecule has 3 aromatic carbocycles. The minimum Gasteiger partial charge on any atom is -0.457 e. The van der Waals surface area contributed by atoms with Crippen molar-refractivity contribution < 1.29 is 9.53 Å². The molecule has 0 bridgehead atoms. The molecule has 3 heteroatoms. The van der Waals surface area contributed by atoms with E-state index >= 15 is 0 Å². The number of benzene rings is 3. The molecule has 1 aliphatic carbocycles. The molecule has 0 amide bonds. The molecular weight excluding hydrogens is 418 g/mol. The van der Waals surface area contributed by atoms with E-state index in [0.717, 1.165) is 46.1 Å². The number of carbonyl (C=O) groups is 1. The zero-order valence-corrected chi connectivity index (χ0v) is 20.0. The second-order valence-electron chi connectivity index (χ2n) is 9.93. The molecular formula is C31H29NO2. The quantitative estimate of drug-likeness (QED) is 0.306. The molecule has 1 aliphatic rings. The highest BCUT2D eigenvalue weighted by molar-refractivity contribution is 6.07. The number of ether oxygens (including phenoxy) is 1. The maximum Gasteiger partial charge on any atom is 0.339 e. The average Bonchev–Trinajstić information content (AvgIpc) is 3.23. The summed E-state index contributed by atoms with van der Waals surface area (Å²) in [6, 6.07) is 26.4. The Kier molecular flexibility index (Phi) is 5.79. The molecule has 1 heterocycles. The Hall–Kier alpha value is -3.72. The van der Waals surface area contributed by atoms with Crippen molar-refractivity contribution in [3.05, 3.63) is 112 Å². The Morgan fingerprint density at radius 1 is 0.912 bits per heavy atom. The van der Waals surface area contributed by atoms with E-state index in [1.165, 1.54) is 11.1 Å². The van der Waals surface area contributed by atoms with Crippen LogP contribution in [-0.4, -0.2) is 11.0 Å². The first-order valence-electron chi connectivity index (χ1n) is 11.8. The predicted molar refractivity (Wildman–Crippen MR) is 139 cm³/mol. The molecule has 0 saturated heterocycles. The van der Waals surface area contributed by atoms with Crippen LogP contribution in [0.4, 0.5) is 0 Å². The van der Waals surface area contributed by atoms with E-state index in [-0.39, 0.29) is 18.0 Å². The summed E-state index contributed by atoms with van der Waals surface area (Å²) < 4.78 is 5.84. The van der Waals surface area contributed by atoms with Gasteiger partial charge in [0.2, 0.25) is 0 Å². The van der Waals surface area contributed by atoms with E-state index in [9.17, 15) is 4.79 Å². The summed E-state index contributed by atoms with van der Waals surface area (Å²) in [7, 11) is 0. The Labute approximate surface area is 201 Å². The lowest BCUT2D eigenvalue weighted by Gasteiger charge is -2.19. The molecule has 0 spiro atoms. The first-order chi connectivity index (χ1) is 16.4. The standard InChI is InChI=1S/C31H29NO2/c1-31(2,3)24-16-13-22(14-17-24)20-34-30(33)28-25-11-7-8-12-27(25)32-29-23(15-18-26(28)29)19-21-9-5-4-6-10-21/h4-14,16-17,19H,15,18,20H2,1-3H3. The van der Waals surface area contributed by atoms with E-state index in [4.69, 9.17) is 9.72 Å². The van der Waals surface area contributed by atoms with E-state index in [0.29, 0.717) is 5.56 Å². The number of esters is 1. The van der Waals surface area contributed by atoms with E-state index in [1.54, 1.807) is 0 Å². The molecule has 0 unspecified atom stereocenters. The van der Waals surface area contributed by atoms with Crippen molar-refractivity contribution in [3.63, 3.8) is 0 Å². The summed E-state index contributed by atoms with van der Waals surface area (Å²) in [6.45, 7) is 6.83. The third kappa shape index (κ3) is 4.38. The van der Waals surface area contributed by atoms with Crippen LogP contribution < -0.4 is 0 Å². The summed E-state index contributed by atoms with van der Waals surface area (Å²) in [5.41, 5.74) is 8.04. The molecule has 0 N–H and O–H groups in total. The van der Waals surface area contributed by atoms with Gasteiger partial charge in [0.25, 0.3) is 0 Å². The summed E-state index contributed by atoms with van der Waals surface area (Å²) in [4.78, 5) is 18.4. The van der Waals surface area contributed by atoms with Gasteiger partial charge in [-0.3, -0.25) is 0 Å². The van der Waals surface area contributed by atoms with Crippen LogP contribution in [-0.2, 0) is 23.2 Å². The number of pyridine rings is 1. The first kappa shape index (κ1) is 22.1. The third-order valence-electron chi connectivity index (χ3n) is 6.48. The number of para-hydroxylation sites is 1. The van der Waals surface area contributed by atoms with Crippen LogP contribution in [0.3, 0.4) is 0 Å². The van der Waals surface area contributed by atoms with E-state index < -0.39 is 0 Å². The highest BCUT2D eigenvalue weighted by Gasteiger charge is 2.27. The largest absolute Gasteiger partial charge is 0.457 e. The lowest BCUT2D eigenvalue weighted by atomic mass is 9.87. The lowest BCUT2D eigenvalue weighted by Crippen LogP contribution is -2.12. The number of nitrogens with zero attached hydrogens (tertiary/aromatic N) is 1. The zero-order chi connectivity index (χ0) is 23.7. The van der Waals surface area contributed by atoms with Gasteiger partial charge in [-0.25, -0.2) is 9.78 Å². The fraction of sp³-hybridized carbons (Fsp3) is 0.226. The SMILES string of the molecule is CC(C)(C)c1ccc(COC(=O)c2c3c(nc4ccccc24)C(=Cc2ccccc2)CC3)cc1. The van der Waals surface area contributed by atoms with Crippen molar-refractivity contribution in [2.24, 2.45) is 0 Å². The highest BCUT2D eigenvalue weighted by Crippen LogP contribution is 2.38. The molecule has 0 saturated carbocycles. The maximum atomic E-state index is 13.4. The second kappa shape index (κ2) is 8.90. The van der Waals surface area contributed by atoms with Gasteiger partial charge >= 0.3 is 5.97 Å². The maximum absolute atomic E-state index is 13.4. The van der Waals surface area contributed by atoms with Gasteiger partial charge in [-0.15, -0.1) is 0 Å². The Balaban J connectivity index is 1.47. The average molecular weight is 448 g/mol. The van der Waals surface area contributed by atoms with Crippen molar-refractivity contribution in [2.45, 2.75) is 45.6 Å². The van der Waals surface area contributed by atoms with E-state index in [2.05, 4.69) is 51.1 Å². The summed E-state index contributed by atoms with van der Waals surface area (Å²) in [5, 5.41) is 0.857. The van der Waals surface area contributed by atoms with Gasteiger partial charge in [0, 0.05) is 5.39 Å². The van der Waals surface area contributed by atoms with Crippen LogP contribution in [0.5, 0.6) is 0 Å². The first-order valence-corrected chi connectivity index (χ1v) is 11.8. The number of allylic oxidation sites excluding steroid dienone is 1. The molecule has 0 atom stereocenters. The molecule has 1 aromatic heterocycles. The number of hydrogen-bond acceptors (Lipinski definition) is 3. The number of rotatable bonds is 4. The normalized spacial score (nSPS) is 14.4. The van der Waals surface area contributed by atoms with Crippen molar-refractivity contribution >= 4 is 28.5 Å². The topological polar surface area (TPSA) is 39.2 Å². The molecule has 0 fully saturated rings. The van der Waals surface area contributed by atoms with Crippen molar-refractivity contribution in [3.8, 4) is 0 Å². The third-order valence-corrected chi connectivity index (χ3v) is 6.48. The Bertz CT molecular complexity index is 1380. The fourth-order valence-electron chi connectivity index (χ4n) is 4.58. The van der Waals surface area contributed by atoms with Crippen LogP contribution in [0.25, 0.3) is 22.6 Å². The summed E-state index contributed by atoms with van der Waals surface area (Å²) in [6.07, 6.45) is 3.83. The van der Waals surface area contributed by atoms with Gasteiger partial charge in [-0.2, -0.15) is 0 Å². The Morgan fingerprint density at radius 3 is 2.35 bits per heavy atom. The van der Waals surface area contributed by atoms with Gasteiger partial charge in [-0.1, -0.05) is 93.6 Å². The number of aromatic nitrogens is 1. The predicted octanol–water partition coefficient (Wildman–Crippen LogP) is 7.38. The van der Waals surface area contributed by atoms with E-state index in [1.807, 2.05) is 54.6 Å². The second-order valence-corrected chi connectivity index (χ2v) is 9.93. The Morgan fingerprint density at radius 2 is 1.62 bits per heavy atom. The van der Waals surface area contributed by atoms with Gasteiger partial charge < -0.3 is 4.74 Å². The van der Waals surface area contributed by atoms with Crippen LogP contribution in [0.2, 0.25) is 0 Å². The van der Waals surface area contributed by atoms with Gasteiger partial charge in [0.05, 0.1) is 16.8 Å². The van der Waals surface area contributed by atoms with Crippen LogP contribution in [0.15, 0.2) is 78.9 Å². The van der Waals surface area contributed by atoms with Crippen LogP contribution in [0, 0.1) is 0 Å². The molecule has 3 nitrogen and oxygen atoms in total. The zero-order valence-electron chi connectivity index (χ0n) is 20.0. The highest BCUT2D eigenvalue weighted by atomic mass is 16.5. The van der Waals surface area contributed by atoms with Crippen LogP contribution in [0.1, 0.15) is 65.5 Å². The van der Waals surface area contributed by atoms with Gasteiger partial charge in [0.1, 0.15) is 6.61 Å². The van der Waals surface area contributed by atoms with Crippen molar-refractivity contribution in [1.29, 1.82) is 0 Å². The monoisotopic (exact) mass is 447 g/mol. The minimum absolute atomic E-state index is 0.0939. The number of carbonyl (C=O) groups excluding carboxylic acids is 1. The molecule has 34 heavy (non-hydrogen) atoms. The lowest BCUT2D eigenvalue weighted by molar-refractivity contribution is 0.0474. The van der Waals surface area contributed by atoms with Crippen molar-refractivity contribution in [2.75, 3.05) is 0 Å². The number of hydrogen-bond donors (Lipinski definition) is 0. The van der Waals surface area contributed by atoms with Crippen LogP contribution >= 0.6 is 0 Å². The summed E-state index contributed by atoms with van der Waals surface area (Å²) >= 11 is 0. The molecule has 0 aliphatic heterocycles. The molecule has 0 radical (unpaired) electrons. The smallest absolute Gasteiger partial charge is 0.339 e. The molecule has 170 valence electrons. The fourth-order valence-corrected chi connectivity index (χ4v) is 4.58. The molecule has 4 aromatic rings. The van der Waals surface area contributed by atoms with Gasteiger partial charge in [0.15, 0.2) is 0 Å². The number of fused-ring (bicyclic) bond motifs is 2. The minimum atomic E-state index is -0.282. The summed E-state index contributed by atoms with van der Waals surface area (Å²) in [5.74, 6) is -0.282. The molecule has 5 rings (SSSR count).